The Kier molecular flexibility index (Phi) is 6.52. The summed E-state index contributed by atoms with van der Waals surface area (Å²) in [7, 11) is 1.88. The van der Waals surface area contributed by atoms with Crippen molar-refractivity contribution in [1.82, 2.24) is 0 Å². The van der Waals surface area contributed by atoms with E-state index in [0.29, 0.717) is 0 Å². The first-order valence-electron chi connectivity index (χ1n) is 8.54. The van der Waals surface area contributed by atoms with Gasteiger partial charge in [0.2, 0.25) is 0 Å². The average Bonchev–Trinajstić information content (AvgIpc) is 2.67. The number of rotatable bonds is 8. The van der Waals surface area contributed by atoms with Gasteiger partial charge < -0.3 is 10.2 Å². The van der Waals surface area contributed by atoms with E-state index in [-0.39, 0.29) is 0 Å². The van der Waals surface area contributed by atoms with Crippen molar-refractivity contribution in [3.8, 4) is 0 Å². The molecule has 2 aromatic rings. The topological polar surface area (TPSA) is 40.0 Å². The van der Waals surface area contributed by atoms with Gasteiger partial charge in [-0.1, -0.05) is 25.3 Å². The standard InChI is InChI=1S/C21H26N4/c1-6-18-19(7-2)21(15-14-20(18)22-5)24-23-16-10-12-17(13-11-16)25(8-3)9-4/h6-7,10-15,22H,1-2,8-9H2,3-5H3. The van der Waals surface area contributed by atoms with Gasteiger partial charge in [-0.05, 0) is 50.2 Å². The first-order chi connectivity index (χ1) is 12.2. The summed E-state index contributed by atoms with van der Waals surface area (Å²) < 4.78 is 0. The lowest BCUT2D eigenvalue weighted by atomic mass is 10.0. The third-order valence-corrected chi connectivity index (χ3v) is 4.19. The normalized spacial score (nSPS) is 10.7. The zero-order chi connectivity index (χ0) is 18.2. The summed E-state index contributed by atoms with van der Waals surface area (Å²) in [5.41, 5.74) is 5.69. The van der Waals surface area contributed by atoms with Crippen LogP contribution in [0.1, 0.15) is 25.0 Å². The largest absolute Gasteiger partial charge is 0.388 e. The van der Waals surface area contributed by atoms with E-state index < -0.39 is 0 Å². The fourth-order valence-corrected chi connectivity index (χ4v) is 2.80. The van der Waals surface area contributed by atoms with Crippen LogP contribution in [0.2, 0.25) is 0 Å². The highest BCUT2D eigenvalue weighted by molar-refractivity contribution is 5.81. The van der Waals surface area contributed by atoms with Crippen molar-refractivity contribution in [3.05, 3.63) is 60.7 Å². The number of anilines is 2. The molecule has 2 rings (SSSR count). The number of nitrogens with one attached hydrogen (secondary N) is 1. The van der Waals surface area contributed by atoms with E-state index in [1.54, 1.807) is 12.2 Å². The molecule has 0 aliphatic heterocycles. The summed E-state index contributed by atoms with van der Waals surface area (Å²) in [5.74, 6) is 0. The molecular weight excluding hydrogens is 308 g/mol. The fraction of sp³-hybridized carbons (Fsp3) is 0.238. The summed E-state index contributed by atoms with van der Waals surface area (Å²) in [6.07, 6.45) is 3.59. The molecule has 0 saturated heterocycles. The number of hydrogen-bond donors (Lipinski definition) is 1. The molecule has 0 spiro atoms. The molecule has 0 aromatic heterocycles. The SMILES string of the molecule is C=Cc1c(N=Nc2ccc(N(CC)CC)cc2)ccc(NC)c1C=C. The third kappa shape index (κ3) is 4.15. The van der Waals surface area contributed by atoms with Gasteiger partial charge >= 0.3 is 0 Å². The van der Waals surface area contributed by atoms with Crippen LogP contribution in [-0.2, 0) is 0 Å². The van der Waals surface area contributed by atoms with Crippen LogP contribution in [0.4, 0.5) is 22.7 Å². The predicted octanol–water partition coefficient (Wildman–Crippen LogP) is 6.28. The molecule has 0 unspecified atom stereocenters. The Balaban J connectivity index is 2.30. The number of nitrogens with zero attached hydrogens (tertiary/aromatic N) is 3. The maximum absolute atomic E-state index is 4.41. The molecule has 0 saturated carbocycles. The van der Waals surface area contributed by atoms with Gasteiger partial charge in [0.05, 0.1) is 11.4 Å². The smallest absolute Gasteiger partial charge is 0.0936 e. The van der Waals surface area contributed by atoms with Crippen molar-refractivity contribution in [3.63, 3.8) is 0 Å². The minimum atomic E-state index is 0.775. The minimum absolute atomic E-state index is 0.775. The van der Waals surface area contributed by atoms with Crippen LogP contribution in [0.15, 0.2) is 59.8 Å². The Bertz CT molecular complexity index is 756. The molecule has 4 nitrogen and oxygen atoms in total. The number of benzene rings is 2. The van der Waals surface area contributed by atoms with Crippen molar-refractivity contribution in [2.24, 2.45) is 10.2 Å². The Morgan fingerprint density at radius 3 is 2.08 bits per heavy atom. The second-order valence-corrected chi connectivity index (χ2v) is 5.51. The first kappa shape index (κ1) is 18.5. The number of azo groups is 1. The fourth-order valence-electron chi connectivity index (χ4n) is 2.80. The molecule has 0 atom stereocenters. The molecule has 0 amide bonds. The Hall–Kier alpha value is -2.88. The summed E-state index contributed by atoms with van der Waals surface area (Å²) in [4.78, 5) is 2.30. The maximum Gasteiger partial charge on any atom is 0.0936 e. The molecule has 4 heteroatoms. The maximum atomic E-state index is 4.41. The molecule has 0 radical (unpaired) electrons. The first-order valence-corrected chi connectivity index (χ1v) is 8.54. The summed E-state index contributed by atoms with van der Waals surface area (Å²) in [6.45, 7) is 14.1. The molecule has 0 aliphatic carbocycles. The highest BCUT2D eigenvalue weighted by Gasteiger charge is 2.08. The Morgan fingerprint density at radius 1 is 0.920 bits per heavy atom. The van der Waals surface area contributed by atoms with Crippen molar-refractivity contribution in [2.45, 2.75) is 13.8 Å². The van der Waals surface area contributed by atoms with Crippen LogP contribution in [0.3, 0.4) is 0 Å². The molecule has 2 aromatic carbocycles. The van der Waals surface area contributed by atoms with Gasteiger partial charge in [0.1, 0.15) is 0 Å². The highest BCUT2D eigenvalue weighted by Crippen LogP contribution is 2.32. The van der Waals surface area contributed by atoms with Gasteiger partial charge in [-0.3, -0.25) is 0 Å². The van der Waals surface area contributed by atoms with E-state index in [0.717, 1.165) is 41.3 Å². The Morgan fingerprint density at radius 2 is 1.56 bits per heavy atom. The number of hydrogen-bond acceptors (Lipinski definition) is 4. The minimum Gasteiger partial charge on any atom is -0.388 e. The molecule has 0 fully saturated rings. The van der Waals surface area contributed by atoms with Crippen LogP contribution in [0.25, 0.3) is 12.2 Å². The second-order valence-electron chi connectivity index (χ2n) is 5.51. The van der Waals surface area contributed by atoms with E-state index in [9.17, 15) is 0 Å². The van der Waals surface area contributed by atoms with Crippen LogP contribution in [-0.4, -0.2) is 20.1 Å². The van der Waals surface area contributed by atoms with E-state index in [1.165, 1.54) is 5.69 Å². The van der Waals surface area contributed by atoms with Gasteiger partial charge in [-0.2, -0.15) is 5.11 Å². The van der Waals surface area contributed by atoms with Crippen molar-refractivity contribution >= 4 is 34.9 Å². The molecule has 1 N–H and O–H groups in total. The van der Waals surface area contributed by atoms with Gasteiger partial charge in [0, 0.05) is 42.6 Å². The van der Waals surface area contributed by atoms with E-state index in [2.05, 4.69) is 59.6 Å². The predicted molar refractivity (Wildman–Crippen MR) is 110 cm³/mol. The molecule has 0 bridgehead atoms. The quantitative estimate of drug-likeness (QED) is 0.577. The second kappa shape index (κ2) is 8.83. The van der Waals surface area contributed by atoms with E-state index in [1.807, 2.05) is 31.3 Å². The third-order valence-electron chi connectivity index (χ3n) is 4.19. The van der Waals surface area contributed by atoms with Gasteiger partial charge in [-0.25, -0.2) is 0 Å². The van der Waals surface area contributed by atoms with Gasteiger partial charge in [0.25, 0.3) is 0 Å². The lowest BCUT2D eigenvalue weighted by Gasteiger charge is -2.20. The molecule has 25 heavy (non-hydrogen) atoms. The van der Waals surface area contributed by atoms with Gasteiger partial charge in [-0.15, -0.1) is 5.11 Å². The molecule has 130 valence electrons. The van der Waals surface area contributed by atoms with Gasteiger partial charge in [0.15, 0.2) is 0 Å². The summed E-state index contributed by atoms with van der Waals surface area (Å²) >= 11 is 0. The molecule has 0 heterocycles. The van der Waals surface area contributed by atoms with Crippen molar-refractivity contribution < 1.29 is 0 Å². The van der Waals surface area contributed by atoms with E-state index in [4.69, 9.17) is 0 Å². The van der Waals surface area contributed by atoms with Crippen LogP contribution in [0, 0.1) is 0 Å². The molecular formula is C21H26N4. The van der Waals surface area contributed by atoms with Crippen molar-refractivity contribution in [1.29, 1.82) is 0 Å². The van der Waals surface area contributed by atoms with Crippen LogP contribution >= 0.6 is 0 Å². The summed E-state index contributed by atoms with van der Waals surface area (Å²) in [6, 6.07) is 12.0. The Labute approximate surface area is 150 Å². The monoisotopic (exact) mass is 334 g/mol. The lowest BCUT2D eigenvalue weighted by molar-refractivity contribution is 0.866. The van der Waals surface area contributed by atoms with Crippen LogP contribution in [0.5, 0.6) is 0 Å². The average molecular weight is 334 g/mol. The summed E-state index contributed by atoms with van der Waals surface area (Å²) in [5, 5.41) is 11.9. The van der Waals surface area contributed by atoms with Crippen LogP contribution < -0.4 is 10.2 Å². The van der Waals surface area contributed by atoms with Crippen molar-refractivity contribution in [2.75, 3.05) is 30.4 Å². The zero-order valence-corrected chi connectivity index (χ0v) is 15.3. The zero-order valence-electron chi connectivity index (χ0n) is 15.3. The lowest BCUT2D eigenvalue weighted by Crippen LogP contribution is -2.21. The highest BCUT2D eigenvalue weighted by atomic mass is 15.1. The van der Waals surface area contributed by atoms with E-state index >= 15 is 0 Å². The molecule has 0 aliphatic rings.